The molecule has 0 radical (unpaired) electrons. The van der Waals surface area contributed by atoms with E-state index in [1.54, 1.807) is 7.11 Å². The molecular formula is C25H24N4O2S. The fourth-order valence-electron chi connectivity index (χ4n) is 3.32. The third kappa shape index (κ3) is 4.68. The van der Waals surface area contributed by atoms with Crippen LogP contribution in [0.3, 0.4) is 0 Å². The first-order chi connectivity index (χ1) is 15.6. The van der Waals surface area contributed by atoms with Gasteiger partial charge in [-0.3, -0.25) is 4.79 Å². The molecule has 6 nitrogen and oxygen atoms in total. The Morgan fingerprint density at radius 3 is 2.34 bits per heavy atom. The van der Waals surface area contributed by atoms with Crippen LogP contribution in [0.4, 0.5) is 5.69 Å². The van der Waals surface area contributed by atoms with Gasteiger partial charge in [-0.25, -0.2) is 0 Å². The van der Waals surface area contributed by atoms with E-state index in [0.29, 0.717) is 5.16 Å². The molecule has 1 heterocycles. The van der Waals surface area contributed by atoms with E-state index < -0.39 is 0 Å². The first-order valence-corrected chi connectivity index (χ1v) is 11.1. The number of nitrogens with zero attached hydrogens (tertiary/aromatic N) is 3. The third-order valence-corrected chi connectivity index (χ3v) is 6.24. The van der Waals surface area contributed by atoms with Gasteiger partial charge in [0.15, 0.2) is 11.0 Å². The number of benzene rings is 3. The zero-order valence-corrected chi connectivity index (χ0v) is 19.0. The number of hydrogen-bond donors (Lipinski definition) is 1. The highest BCUT2D eigenvalue weighted by Crippen LogP contribution is 2.30. The Bertz CT molecular complexity index is 1210. The van der Waals surface area contributed by atoms with Crippen molar-refractivity contribution in [3.8, 4) is 28.3 Å². The second-order valence-electron chi connectivity index (χ2n) is 7.25. The topological polar surface area (TPSA) is 69.0 Å². The van der Waals surface area contributed by atoms with Gasteiger partial charge in [0.25, 0.3) is 0 Å². The van der Waals surface area contributed by atoms with Gasteiger partial charge in [0.2, 0.25) is 5.91 Å². The van der Waals surface area contributed by atoms with Gasteiger partial charge in [0.05, 0.1) is 12.4 Å². The highest BCUT2D eigenvalue weighted by molar-refractivity contribution is 8.00. The van der Waals surface area contributed by atoms with Gasteiger partial charge >= 0.3 is 0 Å². The SMILES string of the molecule is COc1ccc(-c2nnc(SC(C)C(=O)Nc3ccccc3-c3ccccc3)n2C)cc1. The lowest BCUT2D eigenvalue weighted by Crippen LogP contribution is -2.23. The number of carbonyl (C=O) groups excluding carboxylic acids is 1. The average Bonchev–Trinajstić information content (AvgIpc) is 3.19. The van der Waals surface area contributed by atoms with Crippen LogP contribution >= 0.6 is 11.8 Å². The minimum Gasteiger partial charge on any atom is -0.497 e. The normalized spacial score (nSPS) is 11.7. The van der Waals surface area contributed by atoms with E-state index in [0.717, 1.165) is 34.0 Å². The molecule has 0 spiro atoms. The molecule has 4 rings (SSSR count). The quantitative estimate of drug-likeness (QED) is 0.393. The molecule has 0 aliphatic carbocycles. The Balaban J connectivity index is 1.48. The van der Waals surface area contributed by atoms with Gasteiger partial charge in [-0.15, -0.1) is 10.2 Å². The largest absolute Gasteiger partial charge is 0.497 e. The van der Waals surface area contributed by atoms with Crippen LogP contribution in [0.25, 0.3) is 22.5 Å². The zero-order chi connectivity index (χ0) is 22.5. The number of rotatable bonds is 7. The number of ether oxygens (including phenoxy) is 1. The number of carbonyl (C=O) groups is 1. The predicted octanol–water partition coefficient (Wildman–Crippen LogP) is 5.28. The maximum absolute atomic E-state index is 13.0. The lowest BCUT2D eigenvalue weighted by Gasteiger charge is -2.15. The summed E-state index contributed by atoms with van der Waals surface area (Å²) < 4.78 is 7.11. The van der Waals surface area contributed by atoms with Crippen LogP contribution in [-0.2, 0) is 11.8 Å². The standard InChI is InChI=1S/C25H24N4O2S/c1-17(24(30)26-22-12-8-7-11-21(22)18-9-5-4-6-10-18)32-25-28-27-23(29(25)2)19-13-15-20(31-3)16-14-19/h4-17H,1-3H3,(H,26,30). The van der Waals surface area contributed by atoms with Crippen molar-refractivity contribution in [2.45, 2.75) is 17.3 Å². The van der Waals surface area contributed by atoms with E-state index in [-0.39, 0.29) is 11.2 Å². The summed E-state index contributed by atoms with van der Waals surface area (Å²) in [7, 11) is 3.54. The van der Waals surface area contributed by atoms with E-state index >= 15 is 0 Å². The molecule has 3 aromatic carbocycles. The summed E-state index contributed by atoms with van der Waals surface area (Å²) in [6.45, 7) is 1.87. The summed E-state index contributed by atoms with van der Waals surface area (Å²) >= 11 is 1.37. The van der Waals surface area contributed by atoms with E-state index in [9.17, 15) is 4.79 Å². The van der Waals surface area contributed by atoms with Gasteiger partial charge in [-0.1, -0.05) is 60.3 Å². The molecule has 1 atom stereocenters. The van der Waals surface area contributed by atoms with E-state index in [2.05, 4.69) is 15.5 Å². The van der Waals surface area contributed by atoms with Crippen LogP contribution in [0.2, 0.25) is 0 Å². The summed E-state index contributed by atoms with van der Waals surface area (Å²) in [4.78, 5) is 13.0. The summed E-state index contributed by atoms with van der Waals surface area (Å²) in [5, 5.41) is 12.0. The monoisotopic (exact) mass is 444 g/mol. The number of amides is 1. The molecule has 0 saturated carbocycles. The van der Waals surface area contributed by atoms with Crippen molar-refractivity contribution < 1.29 is 9.53 Å². The zero-order valence-electron chi connectivity index (χ0n) is 18.1. The number of para-hydroxylation sites is 1. The van der Waals surface area contributed by atoms with Gasteiger partial charge in [0, 0.05) is 23.9 Å². The van der Waals surface area contributed by atoms with Crippen LogP contribution in [0.15, 0.2) is 84.0 Å². The minimum absolute atomic E-state index is 0.0904. The van der Waals surface area contributed by atoms with Crippen LogP contribution < -0.4 is 10.1 Å². The molecule has 0 aliphatic rings. The molecule has 4 aromatic rings. The number of anilines is 1. The molecule has 1 N–H and O–H groups in total. The Morgan fingerprint density at radius 1 is 0.938 bits per heavy atom. The first-order valence-electron chi connectivity index (χ1n) is 10.2. The van der Waals surface area contributed by atoms with E-state index in [1.807, 2.05) is 97.4 Å². The van der Waals surface area contributed by atoms with Gasteiger partial charge in [-0.05, 0) is 42.8 Å². The minimum atomic E-state index is -0.356. The number of aromatic nitrogens is 3. The lowest BCUT2D eigenvalue weighted by atomic mass is 10.0. The third-order valence-electron chi connectivity index (χ3n) is 5.10. The molecule has 0 aliphatic heterocycles. The highest BCUT2D eigenvalue weighted by atomic mass is 32.2. The van der Waals surface area contributed by atoms with Crippen LogP contribution in [0, 0.1) is 0 Å². The second-order valence-corrected chi connectivity index (χ2v) is 8.56. The molecule has 0 fully saturated rings. The molecule has 1 aromatic heterocycles. The lowest BCUT2D eigenvalue weighted by molar-refractivity contribution is -0.115. The molecule has 0 bridgehead atoms. The highest BCUT2D eigenvalue weighted by Gasteiger charge is 2.20. The molecule has 1 unspecified atom stereocenters. The number of methoxy groups -OCH3 is 1. The van der Waals surface area contributed by atoms with Crippen LogP contribution in [0.1, 0.15) is 6.92 Å². The summed E-state index contributed by atoms with van der Waals surface area (Å²) in [6.07, 6.45) is 0. The van der Waals surface area contributed by atoms with Crippen molar-refractivity contribution in [3.05, 3.63) is 78.9 Å². The van der Waals surface area contributed by atoms with Crippen LogP contribution in [0.5, 0.6) is 5.75 Å². The van der Waals surface area contributed by atoms with Crippen molar-refractivity contribution in [1.29, 1.82) is 0 Å². The summed E-state index contributed by atoms with van der Waals surface area (Å²) in [5.41, 5.74) is 3.76. The van der Waals surface area contributed by atoms with Crippen molar-refractivity contribution in [1.82, 2.24) is 14.8 Å². The second kappa shape index (κ2) is 9.70. The number of nitrogens with one attached hydrogen (secondary N) is 1. The Labute approximate surface area is 191 Å². The van der Waals surface area contributed by atoms with Crippen molar-refractivity contribution >= 4 is 23.4 Å². The van der Waals surface area contributed by atoms with E-state index in [1.165, 1.54) is 11.8 Å². The van der Waals surface area contributed by atoms with Crippen molar-refractivity contribution in [3.63, 3.8) is 0 Å². The molecule has 32 heavy (non-hydrogen) atoms. The maximum atomic E-state index is 13.0. The van der Waals surface area contributed by atoms with Gasteiger partial charge < -0.3 is 14.6 Å². The fourth-order valence-corrected chi connectivity index (χ4v) is 4.13. The maximum Gasteiger partial charge on any atom is 0.237 e. The molecule has 7 heteroatoms. The van der Waals surface area contributed by atoms with Crippen molar-refractivity contribution in [2.24, 2.45) is 7.05 Å². The predicted molar refractivity (Wildman–Crippen MR) is 129 cm³/mol. The average molecular weight is 445 g/mol. The first kappa shape index (κ1) is 21.6. The Kier molecular flexibility index (Phi) is 6.56. The van der Waals surface area contributed by atoms with Gasteiger partial charge in [0.1, 0.15) is 5.75 Å². The fraction of sp³-hybridized carbons (Fsp3) is 0.160. The number of hydrogen-bond acceptors (Lipinski definition) is 5. The molecular weight excluding hydrogens is 420 g/mol. The summed E-state index contributed by atoms with van der Waals surface area (Å²) in [6, 6.07) is 25.5. The summed E-state index contributed by atoms with van der Waals surface area (Å²) in [5.74, 6) is 1.43. The molecule has 0 saturated heterocycles. The van der Waals surface area contributed by atoms with Crippen molar-refractivity contribution in [2.75, 3.05) is 12.4 Å². The van der Waals surface area contributed by atoms with E-state index in [4.69, 9.17) is 4.74 Å². The molecule has 1 amide bonds. The van der Waals surface area contributed by atoms with Gasteiger partial charge in [-0.2, -0.15) is 0 Å². The number of thioether (sulfide) groups is 1. The smallest absolute Gasteiger partial charge is 0.237 e. The Morgan fingerprint density at radius 2 is 1.62 bits per heavy atom. The Hall–Kier alpha value is -3.58. The van der Waals surface area contributed by atoms with Crippen LogP contribution in [-0.4, -0.2) is 33.0 Å². The molecule has 162 valence electrons.